The fourth-order valence-electron chi connectivity index (χ4n) is 2.31. The highest BCUT2D eigenvalue weighted by atomic mass is 127. The molecule has 0 fully saturated rings. The van der Waals surface area contributed by atoms with E-state index in [1.807, 2.05) is 38.1 Å². The normalized spacial score (nSPS) is 12.6. The van der Waals surface area contributed by atoms with E-state index in [1.54, 1.807) is 25.5 Å². The lowest BCUT2D eigenvalue weighted by Crippen LogP contribution is -2.39. The topological polar surface area (TPSA) is 67.6 Å². The molecule has 9 heteroatoms. The minimum atomic E-state index is 0. The van der Waals surface area contributed by atoms with Crippen LogP contribution in [0.2, 0.25) is 0 Å². The van der Waals surface area contributed by atoms with Crippen LogP contribution in [0.15, 0.2) is 22.8 Å². The number of hydrogen-bond acceptors (Lipinski definition) is 5. The summed E-state index contributed by atoms with van der Waals surface area (Å²) in [5, 5.41) is 10.6. The quantitative estimate of drug-likeness (QED) is 0.376. The molecule has 140 valence electrons. The Hall–Kier alpha value is -1.20. The number of hydrogen-bond donors (Lipinski definition) is 1. The van der Waals surface area contributed by atoms with Gasteiger partial charge in [0.25, 0.3) is 0 Å². The summed E-state index contributed by atoms with van der Waals surface area (Å²) in [5.41, 5.74) is 2.23. The number of methoxy groups -OCH3 is 1. The lowest BCUT2D eigenvalue weighted by molar-refractivity contribution is 0.119. The second-order valence-corrected chi connectivity index (χ2v) is 6.55. The monoisotopic (exact) mass is 478 g/mol. The van der Waals surface area contributed by atoms with E-state index in [1.165, 1.54) is 5.56 Å². The van der Waals surface area contributed by atoms with Gasteiger partial charge in [0.2, 0.25) is 0 Å². The third-order valence-electron chi connectivity index (χ3n) is 3.70. The van der Waals surface area contributed by atoms with Gasteiger partial charge in [0.15, 0.2) is 5.96 Å². The number of rotatable bonds is 7. The number of nitrogens with zero attached hydrogens (tertiary/aromatic N) is 5. The van der Waals surface area contributed by atoms with E-state index in [0.29, 0.717) is 6.54 Å². The van der Waals surface area contributed by atoms with E-state index >= 15 is 0 Å². The zero-order valence-corrected chi connectivity index (χ0v) is 18.5. The predicted molar refractivity (Wildman–Crippen MR) is 113 cm³/mol. The highest BCUT2D eigenvalue weighted by Crippen LogP contribution is 2.20. The molecule has 0 aliphatic heterocycles. The van der Waals surface area contributed by atoms with Crippen LogP contribution in [-0.2, 0) is 24.8 Å². The molecule has 2 aromatic rings. The van der Waals surface area contributed by atoms with Crippen LogP contribution in [0.5, 0.6) is 0 Å². The van der Waals surface area contributed by atoms with Crippen LogP contribution in [0, 0.1) is 0 Å². The van der Waals surface area contributed by atoms with Gasteiger partial charge in [-0.2, -0.15) is 5.10 Å². The van der Waals surface area contributed by atoms with Gasteiger partial charge in [-0.1, -0.05) is 0 Å². The Labute approximate surface area is 170 Å². The Bertz CT molecular complexity index is 671. The molecule has 0 bridgehead atoms. The second kappa shape index (κ2) is 10.7. The lowest BCUT2D eigenvalue weighted by Gasteiger charge is -2.21. The molecule has 0 saturated carbocycles. The van der Waals surface area contributed by atoms with E-state index < -0.39 is 0 Å². The molecule has 0 saturated heterocycles. The molecule has 7 nitrogen and oxygen atoms in total. The Kier molecular flexibility index (Phi) is 9.36. The lowest BCUT2D eigenvalue weighted by atomic mass is 10.2. The summed E-state index contributed by atoms with van der Waals surface area (Å²) in [7, 11) is 7.43. The third kappa shape index (κ3) is 6.55. The summed E-state index contributed by atoms with van der Waals surface area (Å²) >= 11 is 1.63. The third-order valence-corrected chi connectivity index (χ3v) is 4.75. The van der Waals surface area contributed by atoms with Crippen molar-refractivity contribution in [2.24, 2.45) is 12.0 Å². The molecule has 0 amide bonds. The van der Waals surface area contributed by atoms with Crippen molar-refractivity contribution < 1.29 is 4.74 Å². The van der Waals surface area contributed by atoms with Crippen LogP contribution in [0.1, 0.15) is 29.3 Å². The maximum absolute atomic E-state index is 5.31. The molecule has 1 N–H and O–H groups in total. The van der Waals surface area contributed by atoms with Gasteiger partial charge < -0.3 is 15.0 Å². The van der Waals surface area contributed by atoms with Gasteiger partial charge in [0, 0.05) is 46.4 Å². The van der Waals surface area contributed by atoms with Crippen molar-refractivity contribution in [2.45, 2.75) is 26.0 Å². The number of halogens is 1. The van der Waals surface area contributed by atoms with Gasteiger partial charge in [-0.3, -0.25) is 9.67 Å². The fourth-order valence-corrected chi connectivity index (χ4v) is 3.15. The highest BCUT2D eigenvalue weighted by Gasteiger charge is 2.12. The second-order valence-electron chi connectivity index (χ2n) is 5.66. The Morgan fingerprint density at radius 3 is 2.88 bits per heavy atom. The molecule has 0 aliphatic rings. The maximum atomic E-state index is 5.31. The number of thiazole rings is 1. The first-order valence-electron chi connectivity index (χ1n) is 7.90. The fraction of sp³-hybridized carbons (Fsp3) is 0.562. The Balaban J connectivity index is 0.00000312. The average molecular weight is 478 g/mol. The number of aryl methyl sites for hydroxylation is 1. The van der Waals surface area contributed by atoms with Gasteiger partial charge >= 0.3 is 0 Å². The molecule has 25 heavy (non-hydrogen) atoms. The number of aromatic nitrogens is 3. The summed E-state index contributed by atoms with van der Waals surface area (Å²) in [6, 6.07) is 0. The average Bonchev–Trinajstić information content (AvgIpc) is 3.20. The van der Waals surface area contributed by atoms with Gasteiger partial charge in [-0.25, -0.2) is 4.98 Å². The molecule has 0 aromatic carbocycles. The van der Waals surface area contributed by atoms with Crippen molar-refractivity contribution in [2.75, 3.05) is 27.7 Å². The van der Waals surface area contributed by atoms with Crippen molar-refractivity contribution in [3.63, 3.8) is 0 Å². The summed E-state index contributed by atoms with van der Waals surface area (Å²) in [6.45, 7) is 3.52. The standard InChI is InChI=1S/C16H26N6OS.HI/c1-12(23-5)15-20-14(11-24-15)10-21(3)16(17-2)18-7-6-13-8-19-22(4)9-13;/h8-9,11-12H,6-7,10H2,1-5H3,(H,17,18);1H. The van der Waals surface area contributed by atoms with E-state index in [0.717, 1.165) is 29.6 Å². The van der Waals surface area contributed by atoms with Crippen LogP contribution >= 0.6 is 35.3 Å². The zero-order chi connectivity index (χ0) is 17.5. The Morgan fingerprint density at radius 1 is 1.52 bits per heavy atom. The van der Waals surface area contributed by atoms with Crippen molar-refractivity contribution >= 4 is 41.3 Å². The SMILES string of the molecule is CN=C(NCCc1cnn(C)c1)N(C)Cc1csc(C(C)OC)n1.I. The minimum absolute atomic E-state index is 0. The maximum Gasteiger partial charge on any atom is 0.193 e. The number of ether oxygens (including phenoxy) is 1. The van der Waals surface area contributed by atoms with Crippen LogP contribution in [-0.4, -0.2) is 53.4 Å². The Morgan fingerprint density at radius 2 is 2.28 bits per heavy atom. The molecule has 1 unspecified atom stereocenters. The minimum Gasteiger partial charge on any atom is -0.375 e. The number of aliphatic imine (C=N–C) groups is 1. The van der Waals surface area contributed by atoms with Gasteiger partial charge in [-0.05, 0) is 18.9 Å². The van der Waals surface area contributed by atoms with Crippen molar-refractivity contribution in [1.29, 1.82) is 0 Å². The largest absolute Gasteiger partial charge is 0.375 e. The van der Waals surface area contributed by atoms with E-state index in [4.69, 9.17) is 4.74 Å². The van der Waals surface area contributed by atoms with Gasteiger partial charge in [0.05, 0.1) is 18.4 Å². The van der Waals surface area contributed by atoms with Crippen LogP contribution < -0.4 is 5.32 Å². The molecule has 0 aliphatic carbocycles. The van der Waals surface area contributed by atoms with Crippen LogP contribution in [0.25, 0.3) is 0 Å². The predicted octanol–water partition coefficient (Wildman–Crippen LogP) is 2.45. The molecular formula is C16H27IN6OS. The first-order chi connectivity index (χ1) is 11.5. The molecule has 2 aromatic heterocycles. The van der Waals surface area contributed by atoms with Gasteiger partial charge in [-0.15, -0.1) is 35.3 Å². The molecule has 2 rings (SSSR count). The molecule has 2 heterocycles. The summed E-state index contributed by atoms with van der Waals surface area (Å²) in [5.74, 6) is 0.855. The first kappa shape index (κ1) is 21.8. The summed E-state index contributed by atoms with van der Waals surface area (Å²) in [6.07, 6.45) is 4.86. The number of nitrogens with one attached hydrogen (secondary N) is 1. The smallest absolute Gasteiger partial charge is 0.193 e. The van der Waals surface area contributed by atoms with Crippen molar-refractivity contribution in [3.05, 3.63) is 34.0 Å². The molecule has 1 atom stereocenters. The van der Waals surface area contributed by atoms with E-state index in [9.17, 15) is 0 Å². The molecular weight excluding hydrogens is 451 g/mol. The molecule has 0 radical (unpaired) electrons. The highest BCUT2D eigenvalue weighted by molar-refractivity contribution is 14.0. The first-order valence-corrected chi connectivity index (χ1v) is 8.77. The van der Waals surface area contributed by atoms with E-state index in [2.05, 4.69) is 30.7 Å². The van der Waals surface area contributed by atoms with Crippen LogP contribution in [0.3, 0.4) is 0 Å². The van der Waals surface area contributed by atoms with E-state index in [-0.39, 0.29) is 30.1 Å². The summed E-state index contributed by atoms with van der Waals surface area (Å²) < 4.78 is 7.13. The zero-order valence-electron chi connectivity index (χ0n) is 15.4. The number of guanidine groups is 1. The van der Waals surface area contributed by atoms with Crippen molar-refractivity contribution in [1.82, 2.24) is 25.0 Å². The van der Waals surface area contributed by atoms with Gasteiger partial charge in [0.1, 0.15) is 11.1 Å². The summed E-state index contributed by atoms with van der Waals surface area (Å²) in [4.78, 5) is 11.0. The van der Waals surface area contributed by atoms with Crippen LogP contribution in [0.4, 0.5) is 0 Å². The van der Waals surface area contributed by atoms with Crippen molar-refractivity contribution in [3.8, 4) is 0 Å². The molecule has 0 spiro atoms.